The van der Waals surface area contributed by atoms with Crippen LogP contribution in [-0.4, -0.2) is 35.3 Å². The third-order valence-corrected chi connectivity index (χ3v) is 6.08. The van der Waals surface area contributed by atoms with Crippen molar-refractivity contribution in [2.45, 2.75) is 28.5 Å². The quantitative estimate of drug-likeness (QED) is 0.409. The van der Waals surface area contributed by atoms with E-state index in [1.165, 1.54) is 0 Å². The summed E-state index contributed by atoms with van der Waals surface area (Å²) in [5.41, 5.74) is 0.947. The van der Waals surface area contributed by atoms with Crippen molar-refractivity contribution in [2.24, 2.45) is 0 Å². The Hall–Kier alpha value is -2.35. The van der Waals surface area contributed by atoms with Crippen molar-refractivity contribution in [3.8, 4) is 0 Å². The number of pyridine rings is 1. The van der Waals surface area contributed by atoms with Crippen molar-refractivity contribution >= 4 is 29.1 Å². The van der Waals surface area contributed by atoms with Crippen molar-refractivity contribution in [3.05, 3.63) is 78.3 Å². The highest BCUT2D eigenvalue weighted by molar-refractivity contribution is 7.99. The van der Waals surface area contributed by atoms with Gasteiger partial charge >= 0.3 is 0 Å². The molecule has 0 bridgehead atoms. The summed E-state index contributed by atoms with van der Waals surface area (Å²) in [7, 11) is 1.72. The van der Waals surface area contributed by atoms with Crippen LogP contribution in [0.4, 0.5) is 0 Å². The molecule has 3 aromatic rings. The molecule has 5 nitrogen and oxygen atoms in total. The van der Waals surface area contributed by atoms with Gasteiger partial charge in [-0.1, -0.05) is 36.0 Å². The second-order valence-corrected chi connectivity index (χ2v) is 8.20. The van der Waals surface area contributed by atoms with Gasteiger partial charge in [-0.2, -0.15) is 0 Å². The maximum absolute atomic E-state index is 6.27. The predicted molar refractivity (Wildman–Crippen MR) is 118 cm³/mol. The van der Waals surface area contributed by atoms with E-state index < -0.39 is 0 Å². The van der Waals surface area contributed by atoms with E-state index in [2.05, 4.69) is 27.3 Å². The summed E-state index contributed by atoms with van der Waals surface area (Å²) < 4.78 is 11.5. The molecule has 29 heavy (non-hydrogen) atoms. The molecule has 1 saturated heterocycles. The molecule has 1 aliphatic rings. The molecule has 0 radical (unpaired) electrons. The number of hydrogen-bond donors (Lipinski definition) is 1. The second kappa shape index (κ2) is 9.43. The number of furan rings is 1. The molecule has 0 aliphatic carbocycles. The molecule has 1 N–H and O–H groups in total. The summed E-state index contributed by atoms with van der Waals surface area (Å²) in [6.45, 7) is 1.48. The predicted octanol–water partition coefficient (Wildman–Crippen LogP) is 4.83. The first kappa shape index (κ1) is 19.9. The second-order valence-electron chi connectivity index (χ2n) is 6.74. The van der Waals surface area contributed by atoms with Crippen molar-refractivity contribution in [1.82, 2.24) is 15.2 Å². The maximum atomic E-state index is 6.27. The zero-order valence-electron chi connectivity index (χ0n) is 16.2. The van der Waals surface area contributed by atoms with Crippen LogP contribution in [0, 0.1) is 0 Å². The van der Waals surface area contributed by atoms with E-state index in [0.717, 1.165) is 39.5 Å². The molecule has 1 fully saturated rings. The molecule has 1 aliphatic heterocycles. The van der Waals surface area contributed by atoms with E-state index in [-0.39, 0.29) is 12.1 Å². The standard InChI is InChI=1S/C22H23N3O2S2/c1-26-15-7-14-25-21(20(24-22(25)28)17-10-5-6-13-23-17)18-11-12-19(27-18)29-16-8-3-2-4-9-16/h2-6,8-13,20-21H,7,14-15H2,1H3,(H,24,28)/t20-,21+/m0/s1. The molecular weight excluding hydrogens is 402 g/mol. The zero-order valence-corrected chi connectivity index (χ0v) is 17.8. The van der Waals surface area contributed by atoms with Crippen LogP contribution in [0.3, 0.4) is 0 Å². The summed E-state index contributed by atoms with van der Waals surface area (Å²) in [5.74, 6) is 0.879. The number of nitrogens with one attached hydrogen (secondary N) is 1. The van der Waals surface area contributed by atoms with Gasteiger partial charge in [-0.25, -0.2) is 0 Å². The summed E-state index contributed by atoms with van der Waals surface area (Å²) in [5, 5.41) is 5.02. The Morgan fingerprint density at radius 2 is 1.97 bits per heavy atom. The zero-order chi connectivity index (χ0) is 20.1. The van der Waals surface area contributed by atoms with Crippen LogP contribution in [0.1, 0.15) is 30.0 Å². The van der Waals surface area contributed by atoms with Crippen molar-refractivity contribution < 1.29 is 9.15 Å². The Labute approximate surface area is 180 Å². The van der Waals surface area contributed by atoms with Gasteiger partial charge in [0, 0.05) is 31.4 Å². The summed E-state index contributed by atoms with van der Waals surface area (Å²) in [6.07, 6.45) is 2.69. The lowest BCUT2D eigenvalue weighted by Crippen LogP contribution is -2.31. The lowest BCUT2D eigenvalue weighted by atomic mass is 10.0. The van der Waals surface area contributed by atoms with E-state index in [9.17, 15) is 0 Å². The lowest BCUT2D eigenvalue weighted by Gasteiger charge is -2.25. The van der Waals surface area contributed by atoms with Crippen LogP contribution in [0.15, 0.2) is 81.3 Å². The highest BCUT2D eigenvalue weighted by atomic mass is 32.2. The van der Waals surface area contributed by atoms with Gasteiger partial charge in [0.15, 0.2) is 10.2 Å². The Morgan fingerprint density at radius 3 is 2.72 bits per heavy atom. The maximum Gasteiger partial charge on any atom is 0.170 e. The first-order valence-corrected chi connectivity index (χ1v) is 10.8. The molecule has 0 spiro atoms. The van der Waals surface area contributed by atoms with Crippen LogP contribution in [-0.2, 0) is 4.74 Å². The number of ether oxygens (including phenoxy) is 1. The number of rotatable bonds is 8. The monoisotopic (exact) mass is 425 g/mol. The smallest absolute Gasteiger partial charge is 0.170 e. The number of methoxy groups -OCH3 is 1. The van der Waals surface area contributed by atoms with Crippen molar-refractivity contribution in [1.29, 1.82) is 0 Å². The third-order valence-electron chi connectivity index (χ3n) is 4.80. The number of hydrogen-bond acceptors (Lipinski definition) is 5. The molecule has 0 unspecified atom stereocenters. The van der Waals surface area contributed by atoms with Gasteiger partial charge in [-0.3, -0.25) is 4.98 Å². The highest BCUT2D eigenvalue weighted by Gasteiger charge is 2.41. The van der Waals surface area contributed by atoms with E-state index in [1.807, 2.05) is 54.7 Å². The average Bonchev–Trinajstić information content (AvgIpc) is 3.34. The molecular formula is C22H23N3O2S2. The number of nitrogens with zero attached hydrogens (tertiary/aromatic N) is 2. The molecule has 3 heterocycles. The minimum Gasteiger partial charge on any atom is -0.452 e. The fraction of sp³-hybridized carbons (Fsp3) is 0.273. The fourth-order valence-electron chi connectivity index (χ4n) is 3.49. The first-order chi connectivity index (χ1) is 14.3. The number of aromatic nitrogens is 1. The van der Waals surface area contributed by atoms with Crippen molar-refractivity contribution in [2.75, 3.05) is 20.3 Å². The van der Waals surface area contributed by atoms with Gasteiger partial charge in [0.1, 0.15) is 11.8 Å². The first-order valence-electron chi connectivity index (χ1n) is 9.56. The molecule has 7 heteroatoms. The lowest BCUT2D eigenvalue weighted by molar-refractivity contribution is 0.176. The van der Waals surface area contributed by atoms with E-state index in [4.69, 9.17) is 21.4 Å². The van der Waals surface area contributed by atoms with Crippen LogP contribution in [0.2, 0.25) is 0 Å². The van der Waals surface area contributed by atoms with Gasteiger partial charge in [0.05, 0.1) is 11.7 Å². The average molecular weight is 426 g/mol. The molecule has 1 aromatic carbocycles. The minimum atomic E-state index is -0.0630. The molecule has 2 atom stereocenters. The largest absolute Gasteiger partial charge is 0.452 e. The molecule has 0 amide bonds. The topological polar surface area (TPSA) is 50.5 Å². The minimum absolute atomic E-state index is 0.0561. The van der Waals surface area contributed by atoms with Crippen LogP contribution < -0.4 is 5.32 Å². The number of thiocarbonyl (C=S) groups is 1. The van der Waals surface area contributed by atoms with Crippen LogP contribution >= 0.6 is 24.0 Å². The van der Waals surface area contributed by atoms with Crippen molar-refractivity contribution in [3.63, 3.8) is 0 Å². The fourth-order valence-corrected chi connectivity index (χ4v) is 4.62. The Morgan fingerprint density at radius 1 is 1.14 bits per heavy atom. The van der Waals surface area contributed by atoms with Gasteiger partial charge < -0.3 is 19.4 Å². The summed E-state index contributed by atoms with van der Waals surface area (Å²) >= 11 is 7.27. The Bertz CT molecular complexity index is 934. The van der Waals surface area contributed by atoms with E-state index in [1.54, 1.807) is 18.9 Å². The van der Waals surface area contributed by atoms with Gasteiger partial charge in [0.2, 0.25) is 0 Å². The van der Waals surface area contributed by atoms with Gasteiger partial charge in [-0.05, 0) is 55.0 Å². The molecule has 4 rings (SSSR count). The van der Waals surface area contributed by atoms with Crippen LogP contribution in [0.25, 0.3) is 0 Å². The van der Waals surface area contributed by atoms with Gasteiger partial charge in [0.25, 0.3) is 0 Å². The van der Waals surface area contributed by atoms with E-state index in [0.29, 0.717) is 6.61 Å². The highest BCUT2D eigenvalue weighted by Crippen LogP contribution is 2.41. The summed E-state index contributed by atoms with van der Waals surface area (Å²) in [6, 6.07) is 20.1. The molecule has 150 valence electrons. The van der Waals surface area contributed by atoms with Gasteiger partial charge in [-0.15, -0.1) is 0 Å². The SMILES string of the molecule is COCCCN1C(=S)N[C@@H](c2ccccn2)[C@H]1c1ccc(Sc2ccccc2)o1. The molecule has 0 saturated carbocycles. The molecule has 2 aromatic heterocycles. The normalized spacial score (nSPS) is 18.8. The van der Waals surface area contributed by atoms with Crippen LogP contribution in [0.5, 0.6) is 0 Å². The number of benzene rings is 1. The Balaban J connectivity index is 1.61. The summed E-state index contributed by atoms with van der Waals surface area (Å²) in [4.78, 5) is 7.89. The third kappa shape index (κ3) is 4.63. The van der Waals surface area contributed by atoms with E-state index >= 15 is 0 Å². The Kier molecular flexibility index (Phi) is 6.49.